The van der Waals surface area contributed by atoms with Crippen LogP contribution in [0.5, 0.6) is 0 Å². The molecule has 1 atom stereocenters. The van der Waals surface area contributed by atoms with E-state index < -0.39 is 0 Å². The molecule has 0 spiro atoms. The molecule has 56 valence electrons. The monoisotopic (exact) mass is 157 g/mol. The lowest BCUT2D eigenvalue weighted by atomic mass is 10.3. The van der Waals surface area contributed by atoms with Crippen LogP contribution in [0.25, 0.3) is 0 Å². The van der Waals surface area contributed by atoms with Gasteiger partial charge in [0.25, 0.3) is 0 Å². The number of hydrogen-bond donors (Lipinski definition) is 0. The molecule has 0 heterocycles. The van der Waals surface area contributed by atoms with Crippen LogP contribution in [0.1, 0.15) is 13.8 Å². The van der Waals surface area contributed by atoms with Crippen molar-refractivity contribution in [3.63, 3.8) is 0 Å². The number of rotatable bonds is 2. The number of ketones is 1. The van der Waals surface area contributed by atoms with Crippen molar-refractivity contribution in [2.75, 3.05) is 12.0 Å². The van der Waals surface area contributed by atoms with E-state index in [0.717, 1.165) is 5.75 Å². The molecule has 1 unspecified atom stereocenters. The molecule has 0 radical (unpaired) electrons. The quantitative estimate of drug-likeness (QED) is 0.565. The third-order valence-corrected chi connectivity index (χ3v) is 3.14. The second-order valence-electron chi connectivity index (χ2n) is 1.92. The Hall–Kier alpha value is -0.620. The Morgan fingerprint density at radius 1 is 1.70 bits per heavy atom. The van der Waals surface area contributed by atoms with E-state index >= 15 is 0 Å². The average Bonchev–Trinajstić information content (AvgIpc) is 1.88. The predicted octanol–water partition coefficient (Wildman–Crippen LogP) is 1.19. The Bertz CT molecular complexity index is 212. The first kappa shape index (κ1) is 9.38. The van der Waals surface area contributed by atoms with Crippen molar-refractivity contribution in [3.05, 3.63) is 0 Å². The Morgan fingerprint density at radius 3 is 2.30 bits per heavy atom. The van der Waals surface area contributed by atoms with Crippen LogP contribution in [-0.2, 0) is 4.79 Å². The first-order chi connectivity index (χ1) is 4.63. The van der Waals surface area contributed by atoms with Crippen LogP contribution in [-0.4, -0.2) is 22.7 Å². The van der Waals surface area contributed by atoms with Crippen molar-refractivity contribution in [2.45, 2.75) is 13.8 Å². The van der Waals surface area contributed by atoms with E-state index in [1.807, 2.05) is 19.2 Å². The third-order valence-electron chi connectivity index (χ3n) is 1.20. The van der Waals surface area contributed by atoms with Crippen molar-refractivity contribution in [1.29, 1.82) is 5.26 Å². The minimum Gasteiger partial charge on any atom is -0.293 e. The van der Waals surface area contributed by atoms with E-state index in [4.69, 9.17) is 5.26 Å². The molecule has 0 aliphatic heterocycles. The van der Waals surface area contributed by atoms with Gasteiger partial charge in [-0.25, -0.2) is 0 Å². The van der Waals surface area contributed by atoms with E-state index in [2.05, 4.69) is 0 Å². The molecule has 0 amide bonds. The largest absolute Gasteiger partial charge is 0.293 e. The second-order valence-corrected chi connectivity index (χ2v) is 4.18. The third kappa shape index (κ3) is 2.32. The van der Waals surface area contributed by atoms with Crippen LogP contribution in [0.15, 0.2) is 0 Å². The lowest BCUT2D eigenvalue weighted by molar-refractivity contribution is -0.110. The molecule has 0 saturated carbocycles. The fraction of sp³-hybridized carbons (Fsp3) is 0.571. The molecule has 0 aliphatic carbocycles. The number of hydrogen-bond acceptors (Lipinski definition) is 2. The van der Waals surface area contributed by atoms with Crippen molar-refractivity contribution in [3.8, 4) is 6.07 Å². The summed E-state index contributed by atoms with van der Waals surface area (Å²) in [5.74, 6) is 0.790. The van der Waals surface area contributed by atoms with Gasteiger partial charge >= 0.3 is 0 Å². The van der Waals surface area contributed by atoms with Gasteiger partial charge in [-0.2, -0.15) is 15.7 Å². The van der Waals surface area contributed by atoms with Gasteiger partial charge < -0.3 is 0 Å². The van der Waals surface area contributed by atoms with Gasteiger partial charge in [0, 0.05) is 6.92 Å². The van der Waals surface area contributed by atoms with Crippen LogP contribution >= 0.6 is 10.5 Å². The van der Waals surface area contributed by atoms with Crippen molar-refractivity contribution >= 4 is 21.1 Å². The standard InChI is InChI=1S/C7H11NOS/c1-4-10(3)7(5-8)6(2)9/h4H2,1-3H3. The van der Waals surface area contributed by atoms with Gasteiger partial charge in [0.2, 0.25) is 0 Å². The second kappa shape index (κ2) is 4.24. The molecule has 0 fully saturated rings. The molecular weight excluding hydrogens is 146 g/mol. The average molecular weight is 157 g/mol. The zero-order valence-corrected chi connectivity index (χ0v) is 7.29. The van der Waals surface area contributed by atoms with Crippen LogP contribution < -0.4 is 0 Å². The molecule has 0 aromatic carbocycles. The van der Waals surface area contributed by atoms with Crippen LogP contribution in [0.3, 0.4) is 0 Å². The van der Waals surface area contributed by atoms with E-state index in [1.165, 1.54) is 6.92 Å². The van der Waals surface area contributed by atoms with Crippen LogP contribution in [0.2, 0.25) is 0 Å². The highest BCUT2D eigenvalue weighted by molar-refractivity contribution is 8.16. The summed E-state index contributed by atoms with van der Waals surface area (Å²) in [6.45, 7) is 3.42. The summed E-state index contributed by atoms with van der Waals surface area (Å²) in [5.41, 5.74) is 0. The van der Waals surface area contributed by atoms with E-state index in [0.29, 0.717) is 4.86 Å². The summed E-state index contributed by atoms with van der Waals surface area (Å²) >= 11 is 0. The van der Waals surface area contributed by atoms with E-state index in [9.17, 15) is 4.79 Å². The molecule has 0 aromatic rings. The zero-order chi connectivity index (χ0) is 8.15. The molecule has 0 aliphatic rings. The number of carbonyl (C=O) groups excluding carboxylic acids is 1. The van der Waals surface area contributed by atoms with Gasteiger partial charge in [-0.15, -0.1) is 0 Å². The van der Waals surface area contributed by atoms with E-state index in [1.54, 1.807) is 0 Å². The summed E-state index contributed by atoms with van der Waals surface area (Å²) in [5, 5.41) is 8.50. The molecular formula is C7H11NOS. The summed E-state index contributed by atoms with van der Waals surface area (Å²) in [4.78, 5) is 11.1. The highest BCUT2D eigenvalue weighted by Crippen LogP contribution is 2.08. The fourth-order valence-corrected chi connectivity index (χ4v) is 1.48. The summed E-state index contributed by atoms with van der Waals surface area (Å²) in [6, 6.07) is 1.93. The molecule has 0 rings (SSSR count). The summed E-state index contributed by atoms with van der Waals surface area (Å²) < 4.78 is 0. The summed E-state index contributed by atoms with van der Waals surface area (Å²) in [6.07, 6.45) is 1.92. The van der Waals surface area contributed by atoms with Crippen LogP contribution in [0.4, 0.5) is 0 Å². The van der Waals surface area contributed by atoms with Gasteiger partial charge in [0.15, 0.2) is 5.78 Å². The van der Waals surface area contributed by atoms with Gasteiger partial charge in [-0.05, 0) is 12.0 Å². The maximum Gasteiger partial charge on any atom is 0.175 e. The normalized spacial score (nSPS) is 13.6. The lowest BCUT2D eigenvalue weighted by Gasteiger charge is -1.98. The van der Waals surface area contributed by atoms with Gasteiger partial charge in [0.05, 0.1) is 0 Å². The first-order valence-corrected chi connectivity index (χ1v) is 4.84. The molecule has 10 heavy (non-hydrogen) atoms. The molecule has 0 saturated heterocycles. The SMILES string of the molecule is CC/S(C)=C(\C#N)C(C)=O. The molecule has 2 nitrogen and oxygen atoms in total. The van der Waals surface area contributed by atoms with E-state index in [-0.39, 0.29) is 16.3 Å². The van der Waals surface area contributed by atoms with Crippen molar-refractivity contribution < 1.29 is 4.79 Å². The molecule has 0 bridgehead atoms. The highest BCUT2D eigenvalue weighted by Gasteiger charge is 2.03. The zero-order valence-electron chi connectivity index (χ0n) is 6.47. The number of nitriles is 1. The summed E-state index contributed by atoms with van der Waals surface area (Å²) in [7, 11) is -0.139. The Balaban J connectivity index is 4.68. The van der Waals surface area contributed by atoms with Gasteiger partial charge in [-0.1, -0.05) is 6.92 Å². The smallest absolute Gasteiger partial charge is 0.175 e. The number of carbonyl (C=O) groups is 1. The maximum atomic E-state index is 10.7. The minimum absolute atomic E-state index is 0.0878. The van der Waals surface area contributed by atoms with Crippen molar-refractivity contribution in [1.82, 2.24) is 0 Å². The first-order valence-electron chi connectivity index (χ1n) is 3.04. The molecule has 0 aromatic heterocycles. The Morgan fingerprint density at radius 2 is 2.20 bits per heavy atom. The van der Waals surface area contributed by atoms with Gasteiger partial charge in [-0.3, -0.25) is 4.79 Å². The molecule has 3 heteroatoms. The Kier molecular flexibility index (Phi) is 3.97. The number of nitrogens with zero attached hydrogens (tertiary/aromatic N) is 1. The molecule has 0 N–H and O–H groups in total. The lowest BCUT2D eigenvalue weighted by Crippen LogP contribution is -2.07. The highest BCUT2D eigenvalue weighted by atomic mass is 32.2. The van der Waals surface area contributed by atoms with Crippen LogP contribution in [0, 0.1) is 11.3 Å². The van der Waals surface area contributed by atoms with Gasteiger partial charge in [0.1, 0.15) is 10.9 Å². The fourth-order valence-electron chi connectivity index (χ4n) is 0.546. The van der Waals surface area contributed by atoms with Crippen molar-refractivity contribution in [2.24, 2.45) is 0 Å². The minimum atomic E-state index is -0.139. The predicted molar refractivity (Wildman–Crippen MR) is 45.4 cm³/mol. The number of Topliss-reactive ketones (excluding diaryl/α,β-unsaturated/α-hetero) is 1. The topological polar surface area (TPSA) is 40.9 Å². The Labute approximate surface area is 63.8 Å². The maximum absolute atomic E-state index is 10.7.